The normalized spacial score (nSPS) is 15.2. The number of rotatable bonds is 4. The van der Waals surface area contributed by atoms with Crippen LogP contribution in [0.25, 0.3) is 17.4 Å². The molecule has 2 heterocycles. The first-order valence-corrected chi connectivity index (χ1v) is 9.67. The van der Waals surface area contributed by atoms with E-state index < -0.39 is 23.8 Å². The highest BCUT2D eigenvalue weighted by Gasteiger charge is 2.37. The third-order valence-electron chi connectivity index (χ3n) is 5.05. The van der Waals surface area contributed by atoms with Gasteiger partial charge in [0.15, 0.2) is 0 Å². The summed E-state index contributed by atoms with van der Waals surface area (Å²) in [6, 6.07) is 13.8. The average molecular weight is 430 g/mol. The van der Waals surface area contributed by atoms with Crippen LogP contribution in [0, 0.1) is 13.8 Å². The number of barbiturate groups is 1. The molecule has 1 aliphatic heterocycles. The summed E-state index contributed by atoms with van der Waals surface area (Å²) in [6.45, 7) is 3.63. The van der Waals surface area contributed by atoms with E-state index in [1.54, 1.807) is 49.4 Å². The van der Waals surface area contributed by atoms with Gasteiger partial charge in [0.1, 0.15) is 17.1 Å². The minimum absolute atomic E-state index is 0.158. The number of amides is 4. The molecule has 8 heteroatoms. The molecule has 32 heavy (non-hydrogen) atoms. The minimum atomic E-state index is -1.03. The largest absolute Gasteiger partial charge is 0.478 e. The number of aryl methyl sites for hydroxylation is 2. The third-order valence-corrected chi connectivity index (χ3v) is 5.05. The van der Waals surface area contributed by atoms with Crippen LogP contribution in [0.5, 0.6) is 0 Å². The lowest BCUT2D eigenvalue weighted by Crippen LogP contribution is -2.54. The molecule has 0 bridgehead atoms. The number of carboxylic acid groups (broad SMARTS) is 1. The maximum absolute atomic E-state index is 12.9. The first kappa shape index (κ1) is 20.8. The molecule has 1 aromatic heterocycles. The van der Waals surface area contributed by atoms with Gasteiger partial charge in [-0.3, -0.25) is 14.9 Å². The number of anilines is 1. The summed E-state index contributed by atoms with van der Waals surface area (Å²) in [6.07, 6.45) is 1.27. The fraction of sp³-hybridized carbons (Fsp3) is 0.0833. The van der Waals surface area contributed by atoms with Gasteiger partial charge in [-0.2, -0.15) is 0 Å². The number of urea groups is 1. The van der Waals surface area contributed by atoms with Gasteiger partial charge in [0.2, 0.25) is 0 Å². The molecule has 0 atom stereocenters. The molecule has 2 aromatic carbocycles. The number of furan rings is 1. The lowest BCUT2D eigenvalue weighted by Gasteiger charge is -2.26. The number of aromatic carboxylic acids is 1. The van der Waals surface area contributed by atoms with Gasteiger partial charge in [0, 0.05) is 5.56 Å². The van der Waals surface area contributed by atoms with E-state index in [0.29, 0.717) is 22.6 Å². The van der Waals surface area contributed by atoms with Crippen LogP contribution in [0.3, 0.4) is 0 Å². The Labute approximate surface area is 182 Å². The van der Waals surface area contributed by atoms with Crippen molar-refractivity contribution in [1.29, 1.82) is 0 Å². The first-order chi connectivity index (χ1) is 15.2. The summed E-state index contributed by atoms with van der Waals surface area (Å²) in [5, 5.41) is 11.3. The Bertz CT molecular complexity index is 1300. The predicted molar refractivity (Wildman–Crippen MR) is 116 cm³/mol. The van der Waals surface area contributed by atoms with Crippen LogP contribution in [-0.4, -0.2) is 28.9 Å². The van der Waals surface area contributed by atoms with E-state index in [1.165, 1.54) is 18.2 Å². The van der Waals surface area contributed by atoms with E-state index in [9.17, 15) is 19.2 Å². The Hall–Kier alpha value is -4.46. The Morgan fingerprint density at radius 3 is 2.38 bits per heavy atom. The molecule has 1 fully saturated rings. The number of carbonyl (C=O) groups excluding carboxylic acids is 3. The Kier molecular flexibility index (Phi) is 5.19. The van der Waals surface area contributed by atoms with E-state index in [0.717, 1.165) is 10.5 Å². The second-order valence-electron chi connectivity index (χ2n) is 7.33. The van der Waals surface area contributed by atoms with Crippen LogP contribution < -0.4 is 10.2 Å². The molecule has 0 spiro atoms. The van der Waals surface area contributed by atoms with Gasteiger partial charge in [0.05, 0.1) is 11.3 Å². The molecule has 3 aromatic rings. The van der Waals surface area contributed by atoms with Crippen LogP contribution >= 0.6 is 0 Å². The van der Waals surface area contributed by atoms with E-state index in [1.807, 2.05) is 6.92 Å². The highest BCUT2D eigenvalue weighted by molar-refractivity contribution is 6.39. The fourth-order valence-corrected chi connectivity index (χ4v) is 3.38. The zero-order chi connectivity index (χ0) is 23.0. The van der Waals surface area contributed by atoms with Gasteiger partial charge in [-0.05, 0) is 61.9 Å². The number of nitrogens with zero attached hydrogens (tertiary/aromatic N) is 1. The number of nitrogens with one attached hydrogen (secondary N) is 1. The average Bonchev–Trinajstić information content (AvgIpc) is 3.20. The van der Waals surface area contributed by atoms with Gasteiger partial charge < -0.3 is 9.52 Å². The second-order valence-corrected chi connectivity index (χ2v) is 7.33. The number of carboxylic acids is 1. The van der Waals surface area contributed by atoms with Crippen molar-refractivity contribution < 1.29 is 28.7 Å². The van der Waals surface area contributed by atoms with E-state index in [-0.39, 0.29) is 16.9 Å². The van der Waals surface area contributed by atoms with Crippen LogP contribution in [0.15, 0.2) is 64.6 Å². The Morgan fingerprint density at radius 2 is 1.72 bits per heavy atom. The molecule has 0 radical (unpaired) electrons. The summed E-state index contributed by atoms with van der Waals surface area (Å²) in [4.78, 5) is 49.6. The summed E-state index contributed by atoms with van der Waals surface area (Å²) < 4.78 is 5.77. The van der Waals surface area contributed by atoms with Crippen molar-refractivity contribution in [3.63, 3.8) is 0 Å². The van der Waals surface area contributed by atoms with Crippen molar-refractivity contribution in [3.05, 3.63) is 82.6 Å². The lowest BCUT2D eigenvalue weighted by molar-refractivity contribution is -0.122. The number of carbonyl (C=O) groups is 4. The van der Waals surface area contributed by atoms with Gasteiger partial charge in [-0.25, -0.2) is 14.5 Å². The number of hydrogen-bond acceptors (Lipinski definition) is 5. The van der Waals surface area contributed by atoms with Crippen molar-refractivity contribution in [3.8, 4) is 11.3 Å². The smallest absolute Gasteiger partial charge is 0.335 e. The molecule has 8 nitrogen and oxygen atoms in total. The molecule has 1 aliphatic rings. The molecule has 0 saturated carbocycles. The topological polar surface area (TPSA) is 117 Å². The van der Waals surface area contributed by atoms with Crippen LogP contribution in [-0.2, 0) is 9.59 Å². The SMILES string of the molecule is Cc1ccc(N2C(=O)NC(=O)C(=Cc3ccc(-c4ccc(C(=O)O)cc4C)o3)C2=O)cc1. The maximum atomic E-state index is 12.9. The van der Waals surface area contributed by atoms with Crippen LogP contribution in [0.1, 0.15) is 27.2 Å². The summed E-state index contributed by atoms with van der Waals surface area (Å²) >= 11 is 0. The van der Waals surface area contributed by atoms with Gasteiger partial charge >= 0.3 is 12.0 Å². The highest BCUT2D eigenvalue weighted by atomic mass is 16.4. The van der Waals surface area contributed by atoms with Crippen molar-refractivity contribution in [2.24, 2.45) is 0 Å². The standard InChI is InChI=1S/C24H18N2O6/c1-13-3-6-16(7-4-13)26-22(28)19(21(27)25-24(26)31)12-17-8-10-20(32-17)18-9-5-15(23(29)30)11-14(18)2/h3-12H,1-2H3,(H,29,30)(H,25,27,31). The highest BCUT2D eigenvalue weighted by Crippen LogP contribution is 2.28. The van der Waals surface area contributed by atoms with Gasteiger partial charge in [-0.15, -0.1) is 0 Å². The number of benzene rings is 2. The summed E-state index contributed by atoms with van der Waals surface area (Å²) in [5.74, 6) is -1.93. The van der Waals surface area contributed by atoms with E-state index >= 15 is 0 Å². The van der Waals surface area contributed by atoms with Gasteiger partial charge in [-0.1, -0.05) is 23.8 Å². The summed E-state index contributed by atoms with van der Waals surface area (Å²) in [5.41, 5.74) is 2.58. The third kappa shape index (κ3) is 3.81. The zero-order valence-electron chi connectivity index (χ0n) is 17.2. The molecule has 160 valence electrons. The molecule has 4 rings (SSSR count). The van der Waals surface area contributed by atoms with Crippen molar-refractivity contribution in [2.75, 3.05) is 4.90 Å². The van der Waals surface area contributed by atoms with Crippen molar-refractivity contribution >= 4 is 35.6 Å². The van der Waals surface area contributed by atoms with Crippen LogP contribution in [0.4, 0.5) is 10.5 Å². The monoisotopic (exact) mass is 430 g/mol. The molecular weight excluding hydrogens is 412 g/mol. The second kappa shape index (κ2) is 7.99. The summed E-state index contributed by atoms with van der Waals surface area (Å²) in [7, 11) is 0. The van der Waals surface area contributed by atoms with Crippen molar-refractivity contribution in [2.45, 2.75) is 13.8 Å². The van der Waals surface area contributed by atoms with E-state index in [4.69, 9.17) is 9.52 Å². The number of hydrogen-bond donors (Lipinski definition) is 2. The Morgan fingerprint density at radius 1 is 1.00 bits per heavy atom. The molecular formula is C24H18N2O6. The molecule has 4 amide bonds. The predicted octanol–water partition coefficient (Wildman–Crippen LogP) is 3.93. The minimum Gasteiger partial charge on any atom is -0.478 e. The van der Waals surface area contributed by atoms with E-state index in [2.05, 4.69) is 5.32 Å². The molecule has 2 N–H and O–H groups in total. The molecule has 0 aliphatic carbocycles. The Balaban J connectivity index is 1.66. The van der Waals surface area contributed by atoms with Crippen LogP contribution in [0.2, 0.25) is 0 Å². The maximum Gasteiger partial charge on any atom is 0.335 e. The number of imide groups is 2. The van der Waals surface area contributed by atoms with Crippen molar-refractivity contribution in [1.82, 2.24) is 5.32 Å². The molecule has 1 saturated heterocycles. The zero-order valence-corrected chi connectivity index (χ0v) is 17.2. The fourth-order valence-electron chi connectivity index (χ4n) is 3.38. The molecule has 0 unspecified atom stereocenters. The quantitative estimate of drug-likeness (QED) is 0.479. The first-order valence-electron chi connectivity index (χ1n) is 9.67. The van der Waals surface area contributed by atoms with Gasteiger partial charge in [0.25, 0.3) is 11.8 Å². The lowest BCUT2D eigenvalue weighted by atomic mass is 10.0.